The van der Waals surface area contributed by atoms with Gasteiger partial charge in [-0.15, -0.1) is 0 Å². The monoisotopic (exact) mass is 322 g/mol. The van der Waals surface area contributed by atoms with E-state index in [4.69, 9.17) is 4.74 Å². The number of hydrogen-bond donors (Lipinski definition) is 1. The fourth-order valence-electron chi connectivity index (χ4n) is 3.47. The molecule has 2 aliphatic rings. The number of carbonyl (C=O) groups is 1. The fourth-order valence-corrected chi connectivity index (χ4v) is 3.47. The maximum atomic E-state index is 12.8. The lowest BCUT2D eigenvalue weighted by Gasteiger charge is -2.31. The first-order valence-electron chi connectivity index (χ1n) is 8.49. The van der Waals surface area contributed by atoms with Crippen molar-refractivity contribution in [3.8, 4) is 5.75 Å². The number of amides is 2. The minimum absolute atomic E-state index is 0.0396. The molecule has 4 nitrogen and oxygen atoms in total. The van der Waals surface area contributed by atoms with Gasteiger partial charge in [-0.05, 0) is 48.1 Å². The number of hydrogen-bond acceptors (Lipinski definition) is 2. The van der Waals surface area contributed by atoms with E-state index in [0.717, 1.165) is 37.1 Å². The van der Waals surface area contributed by atoms with Crippen molar-refractivity contribution in [1.29, 1.82) is 0 Å². The molecule has 1 heterocycles. The van der Waals surface area contributed by atoms with Crippen molar-refractivity contribution in [3.05, 3.63) is 65.2 Å². The predicted octanol–water partition coefficient (Wildman–Crippen LogP) is 3.45. The lowest BCUT2D eigenvalue weighted by atomic mass is 10.00. The highest BCUT2D eigenvalue weighted by molar-refractivity contribution is 5.76. The van der Waals surface area contributed by atoms with Gasteiger partial charge in [0, 0.05) is 13.1 Å². The summed E-state index contributed by atoms with van der Waals surface area (Å²) in [5, 5.41) is 3.27. The van der Waals surface area contributed by atoms with Gasteiger partial charge in [-0.1, -0.05) is 36.4 Å². The Morgan fingerprint density at radius 3 is 2.46 bits per heavy atom. The third kappa shape index (κ3) is 2.73. The van der Waals surface area contributed by atoms with Gasteiger partial charge >= 0.3 is 6.03 Å². The highest BCUT2D eigenvalue weighted by Crippen LogP contribution is 2.46. The van der Waals surface area contributed by atoms with E-state index in [1.165, 1.54) is 11.1 Å². The van der Waals surface area contributed by atoms with Crippen LogP contribution in [0.5, 0.6) is 5.75 Å². The van der Waals surface area contributed by atoms with Crippen LogP contribution in [0.3, 0.4) is 0 Å². The predicted molar refractivity (Wildman–Crippen MR) is 93.0 cm³/mol. The Morgan fingerprint density at radius 2 is 1.79 bits per heavy atom. The number of methoxy groups -OCH3 is 1. The maximum Gasteiger partial charge on any atom is 0.318 e. The molecule has 0 saturated heterocycles. The number of nitrogens with one attached hydrogen (secondary N) is 1. The summed E-state index contributed by atoms with van der Waals surface area (Å²) in [6.45, 7) is 1.47. The van der Waals surface area contributed by atoms with E-state index >= 15 is 0 Å². The average Bonchev–Trinajstić information content (AvgIpc) is 3.42. The molecule has 1 N–H and O–H groups in total. The normalized spacial score (nSPS) is 17.8. The molecule has 1 aliphatic heterocycles. The third-order valence-electron chi connectivity index (χ3n) is 5.16. The Hall–Kier alpha value is -2.49. The standard InChI is InChI=1S/C20H22N2O2/c1-24-18-8-6-17(7-9-18)20(11-12-20)21-19(23)22-13-10-15-4-2-3-5-16(15)14-22/h2-9H,10-14H2,1H3,(H,21,23). The molecule has 1 aliphatic carbocycles. The lowest BCUT2D eigenvalue weighted by Crippen LogP contribution is -2.46. The molecular formula is C20H22N2O2. The Bertz CT molecular complexity index is 750. The number of carbonyl (C=O) groups excluding carboxylic acids is 1. The second kappa shape index (κ2) is 5.86. The maximum absolute atomic E-state index is 12.8. The average molecular weight is 322 g/mol. The number of fused-ring (bicyclic) bond motifs is 1. The van der Waals surface area contributed by atoms with Gasteiger partial charge < -0.3 is 15.0 Å². The van der Waals surface area contributed by atoms with Gasteiger partial charge in [-0.3, -0.25) is 0 Å². The van der Waals surface area contributed by atoms with Crippen molar-refractivity contribution < 1.29 is 9.53 Å². The van der Waals surface area contributed by atoms with Gasteiger partial charge in [0.25, 0.3) is 0 Å². The van der Waals surface area contributed by atoms with Crippen molar-refractivity contribution in [2.24, 2.45) is 0 Å². The number of nitrogens with zero attached hydrogens (tertiary/aromatic N) is 1. The highest BCUT2D eigenvalue weighted by atomic mass is 16.5. The number of ether oxygens (including phenoxy) is 1. The Morgan fingerprint density at radius 1 is 1.08 bits per heavy atom. The highest BCUT2D eigenvalue weighted by Gasteiger charge is 2.46. The summed E-state index contributed by atoms with van der Waals surface area (Å²) in [4.78, 5) is 14.7. The van der Waals surface area contributed by atoms with Crippen LogP contribution in [0.15, 0.2) is 48.5 Å². The summed E-state index contributed by atoms with van der Waals surface area (Å²) in [7, 11) is 1.66. The molecule has 1 fully saturated rings. The van der Waals surface area contributed by atoms with Gasteiger partial charge in [-0.2, -0.15) is 0 Å². The van der Waals surface area contributed by atoms with Crippen LogP contribution in [0.4, 0.5) is 4.79 Å². The zero-order valence-corrected chi connectivity index (χ0v) is 13.9. The number of benzene rings is 2. The first-order chi connectivity index (χ1) is 11.7. The largest absolute Gasteiger partial charge is 0.497 e. The molecule has 0 atom stereocenters. The van der Waals surface area contributed by atoms with E-state index in [-0.39, 0.29) is 11.6 Å². The quantitative estimate of drug-likeness (QED) is 0.940. The second-order valence-electron chi connectivity index (χ2n) is 6.68. The summed E-state index contributed by atoms with van der Waals surface area (Å²) in [6.07, 6.45) is 2.92. The van der Waals surface area contributed by atoms with Crippen molar-refractivity contribution >= 4 is 6.03 Å². The second-order valence-corrected chi connectivity index (χ2v) is 6.68. The van der Waals surface area contributed by atoms with Crippen LogP contribution in [-0.2, 0) is 18.5 Å². The molecule has 0 radical (unpaired) electrons. The third-order valence-corrected chi connectivity index (χ3v) is 5.16. The molecule has 2 aromatic carbocycles. The van der Waals surface area contributed by atoms with Crippen LogP contribution in [0.1, 0.15) is 29.5 Å². The summed E-state index contributed by atoms with van der Waals surface area (Å²) in [5.41, 5.74) is 3.58. The minimum atomic E-state index is -0.194. The molecule has 0 aromatic heterocycles. The summed E-state index contributed by atoms with van der Waals surface area (Å²) in [6, 6.07) is 16.4. The van der Waals surface area contributed by atoms with Crippen LogP contribution < -0.4 is 10.1 Å². The first kappa shape index (κ1) is 15.1. The van der Waals surface area contributed by atoms with E-state index in [1.807, 2.05) is 23.1 Å². The molecule has 4 rings (SSSR count). The SMILES string of the molecule is COc1ccc(C2(NC(=O)N3CCc4ccccc4C3)CC2)cc1. The molecule has 2 amide bonds. The van der Waals surface area contributed by atoms with Crippen LogP contribution >= 0.6 is 0 Å². The summed E-state index contributed by atoms with van der Waals surface area (Å²) in [5.74, 6) is 0.841. The molecular weight excluding hydrogens is 300 g/mol. The molecule has 0 spiro atoms. The summed E-state index contributed by atoms with van der Waals surface area (Å²) < 4.78 is 5.22. The van der Waals surface area contributed by atoms with E-state index < -0.39 is 0 Å². The van der Waals surface area contributed by atoms with Crippen molar-refractivity contribution in [2.75, 3.05) is 13.7 Å². The topological polar surface area (TPSA) is 41.6 Å². The van der Waals surface area contributed by atoms with Crippen LogP contribution in [-0.4, -0.2) is 24.6 Å². The van der Waals surface area contributed by atoms with E-state index in [1.54, 1.807) is 7.11 Å². The van der Waals surface area contributed by atoms with E-state index in [0.29, 0.717) is 6.54 Å². The van der Waals surface area contributed by atoms with E-state index in [9.17, 15) is 4.79 Å². The van der Waals surface area contributed by atoms with Gasteiger partial charge in [0.1, 0.15) is 5.75 Å². The van der Waals surface area contributed by atoms with Crippen LogP contribution in [0, 0.1) is 0 Å². The van der Waals surface area contributed by atoms with Crippen molar-refractivity contribution in [2.45, 2.75) is 31.3 Å². The Kier molecular flexibility index (Phi) is 3.68. The Labute approximate surface area is 142 Å². The molecule has 0 bridgehead atoms. The Balaban J connectivity index is 1.46. The summed E-state index contributed by atoms with van der Waals surface area (Å²) >= 11 is 0. The molecule has 24 heavy (non-hydrogen) atoms. The van der Waals surface area contributed by atoms with Crippen LogP contribution in [0.2, 0.25) is 0 Å². The first-order valence-corrected chi connectivity index (χ1v) is 8.49. The van der Waals surface area contributed by atoms with Gasteiger partial charge in [-0.25, -0.2) is 4.79 Å². The fraction of sp³-hybridized carbons (Fsp3) is 0.350. The lowest BCUT2D eigenvalue weighted by molar-refractivity contribution is 0.187. The van der Waals surface area contributed by atoms with Gasteiger partial charge in [0.2, 0.25) is 0 Å². The molecule has 2 aromatic rings. The minimum Gasteiger partial charge on any atom is -0.497 e. The molecule has 1 saturated carbocycles. The molecule has 4 heteroatoms. The zero-order valence-electron chi connectivity index (χ0n) is 13.9. The molecule has 0 unspecified atom stereocenters. The van der Waals surface area contributed by atoms with E-state index in [2.05, 4.69) is 35.6 Å². The molecule has 124 valence electrons. The van der Waals surface area contributed by atoms with Gasteiger partial charge in [0.15, 0.2) is 0 Å². The smallest absolute Gasteiger partial charge is 0.318 e. The number of rotatable bonds is 3. The number of urea groups is 1. The van der Waals surface area contributed by atoms with Crippen LogP contribution in [0.25, 0.3) is 0 Å². The van der Waals surface area contributed by atoms with Crippen molar-refractivity contribution in [3.63, 3.8) is 0 Å². The van der Waals surface area contributed by atoms with Gasteiger partial charge in [0.05, 0.1) is 12.6 Å². The zero-order chi connectivity index (χ0) is 16.6. The van der Waals surface area contributed by atoms with Crippen molar-refractivity contribution in [1.82, 2.24) is 10.2 Å².